The van der Waals surface area contributed by atoms with Gasteiger partial charge in [-0.2, -0.15) is 0 Å². The first-order valence-corrected chi connectivity index (χ1v) is 13.2. The fourth-order valence-electron chi connectivity index (χ4n) is 4.52. The summed E-state index contributed by atoms with van der Waals surface area (Å²) in [6.07, 6.45) is 3.68. The third-order valence-electron chi connectivity index (χ3n) is 6.56. The van der Waals surface area contributed by atoms with Crippen LogP contribution in [0.3, 0.4) is 0 Å². The van der Waals surface area contributed by atoms with E-state index in [0.29, 0.717) is 35.7 Å². The highest BCUT2D eigenvalue weighted by molar-refractivity contribution is 7.91. The summed E-state index contributed by atoms with van der Waals surface area (Å²) >= 11 is 0. The molecule has 35 heavy (non-hydrogen) atoms. The number of halogens is 1. The first-order valence-electron chi connectivity index (χ1n) is 11.8. The highest BCUT2D eigenvalue weighted by atomic mass is 32.2. The Morgan fingerprint density at radius 2 is 1.89 bits per heavy atom. The minimum atomic E-state index is -4.20. The van der Waals surface area contributed by atoms with Gasteiger partial charge in [-0.15, -0.1) is 0 Å². The molecule has 1 N–H and O–H groups in total. The van der Waals surface area contributed by atoms with Gasteiger partial charge < -0.3 is 0 Å². The maximum atomic E-state index is 15.3. The summed E-state index contributed by atoms with van der Waals surface area (Å²) in [4.78, 5) is 14.2. The number of aryl methyl sites for hydroxylation is 3. The third kappa shape index (κ3) is 4.73. The van der Waals surface area contributed by atoms with Gasteiger partial charge in [-0.3, -0.25) is 14.8 Å². The van der Waals surface area contributed by atoms with Crippen LogP contribution >= 0.6 is 0 Å². The quantitative estimate of drug-likeness (QED) is 0.536. The van der Waals surface area contributed by atoms with Crippen molar-refractivity contribution in [2.24, 2.45) is 4.99 Å². The van der Waals surface area contributed by atoms with Crippen LogP contribution in [0.2, 0.25) is 0 Å². The Morgan fingerprint density at radius 3 is 2.63 bits per heavy atom. The summed E-state index contributed by atoms with van der Waals surface area (Å²) in [6.45, 7) is 6.24. The van der Waals surface area contributed by atoms with Crippen molar-refractivity contribution in [1.82, 2.24) is 10.5 Å². The van der Waals surface area contributed by atoms with Gasteiger partial charge in [-0.25, -0.2) is 18.3 Å². The molecule has 1 fully saturated rings. The van der Waals surface area contributed by atoms with Gasteiger partial charge in [0.15, 0.2) is 5.84 Å². The molecule has 2 aliphatic rings. The number of hydrogen-bond donors (Lipinski definition) is 1. The van der Waals surface area contributed by atoms with Crippen molar-refractivity contribution in [3.8, 4) is 0 Å². The predicted octanol–water partition coefficient (Wildman–Crippen LogP) is 4.75. The van der Waals surface area contributed by atoms with E-state index < -0.39 is 15.7 Å². The fraction of sp³-hybridized carbons (Fsp3) is 0.333. The van der Waals surface area contributed by atoms with E-state index in [-0.39, 0.29) is 21.8 Å². The van der Waals surface area contributed by atoms with Gasteiger partial charge >= 0.3 is 0 Å². The van der Waals surface area contributed by atoms with E-state index in [0.717, 1.165) is 18.4 Å². The van der Waals surface area contributed by atoms with Gasteiger partial charge in [0.25, 0.3) is 0 Å². The second-order valence-electron chi connectivity index (χ2n) is 9.44. The van der Waals surface area contributed by atoms with Gasteiger partial charge in [0.1, 0.15) is 15.6 Å². The molecular weight excluding hydrogens is 465 g/mol. The lowest BCUT2D eigenvalue weighted by Gasteiger charge is -2.24. The van der Waals surface area contributed by atoms with Crippen molar-refractivity contribution in [3.63, 3.8) is 0 Å². The second-order valence-corrected chi connectivity index (χ2v) is 11.3. The van der Waals surface area contributed by atoms with E-state index in [1.807, 2.05) is 0 Å². The Bertz CT molecular complexity index is 1430. The number of benzene rings is 2. The molecule has 1 unspecified atom stereocenters. The molecule has 0 saturated heterocycles. The van der Waals surface area contributed by atoms with Crippen LogP contribution in [-0.4, -0.2) is 31.9 Å². The van der Waals surface area contributed by atoms with Crippen LogP contribution < -0.4 is 5.48 Å². The minimum absolute atomic E-state index is 0.0875. The zero-order valence-electron chi connectivity index (χ0n) is 20.0. The SMILES string of the molecule is Cc1ccc(CC2CONC(c3cc(C)ncc3S(=O)(=O)c3cccc(C4CC4)c3F)=N2)c(C)c1. The summed E-state index contributed by atoms with van der Waals surface area (Å²) < 4.78 is 42.6. The lowest BCUT2D eigenvalue weighted by atomic mass is 9.99. The van der Waals surface area contributed by atoms with Crippen LogP contribution in [0.1, 0.15) is 52.3 Å². The molecule has 0 bridgehead atoms. The molecule has 0 radical (unpaired) electrons. The van der Waals surface area contributed by atoms with Crippen LogP contribution in [-0.2, 0) is 21.1 Å². The predicted molar refractivity (Wildman–Crippen MR) is 132 cm³/mol. The molecular formula is C27H28FN3O3S. The third-order valence-corrected chi connectivity index (χ3v) is 8.36. The van der Waals surface area contributed by atoms with E-state index in [9.17, 15) is 8.42 Å². The fourth-order valence-corrected chi connectivity index (χ4v) is 6.01. The van der Waals surface area contributed by atoms with Gasteiger partial charge in [0, 0.05) is 17.5 Å². The molecule has 2 aromatic carbocycles. The summed E-state index contributed by atoms with van der Waals surface area (Å²) in [5, 5.41) is 0. The largest absolute Gasteiger partial charge is 0.272 e. The number of amidine groups is 1. The molecule has 6 nitrogen and oxygen atoms in total. The Balaban J connectivity index is 1.54. The number of hydroxylamine groups is 1. The molecule has 1 saturated carbocycles. The summed E-state index contributed by atoms with van der Waals surface area (Å²) in [6, 6.07) is 12.3. The maximum Gasteiger partial charge on any atom is 0.211 e. The van der Waals surface area contributed by atoms with Gasteiger partial charge in [-0.1, -0.05) is 35.9 Å². The van der Waals surface area contributed by atoms with Crippen LogP contribution in [0.4, 0.5) is 4.39 Å². The summed E-state index contributed by atoms with van der Waals surface area (Å²) in [5.74, 6) is -0.289. The number of rotatable bonds is 6. The Hall–Kier alpha value is -3.10. The molecule has 2 heterocycles. The van der Waals surface area contributed by atoms with Crippen LogP contribution in [0.15, 0.2) is 63.4 Å². The average molecular weight is 494 g/mol. The topological polar surface area (TPSA) is 80.6 Å². The van der Waals surface area contributed by atoms with E-state index in [2.05, 4.69) is 42.5 Å². The smallest absolute Gasteiger partial charge is 0.211 e. The first-order chi connectivity index (χ1) is 16.7. The molecule has 0 spiro atoms. The number of nitrogens with one attached hydrogen (secondary N) is 1. The lowest BCUT2D eigenvalue weighted by Crippen LogP contribution is -2.37. The standard InChI is InChI=1S/C27H28FN3O3S/c1-16-7-8-20(17(2)11-16)13-21-15-34-31-27(30-21)23-12-18(3)29-14-25(23)35(32,33)24-6-4-5-22(26(24)28)19-9-10-19/h4-8,11-12,14,19,21H,9-10,13,15H2,1-3H3,(H,30,31). The van der Waals surface area contributed by atoms with Crippen molar-refractivity contribution < 1.29 is 17.6 Å². The van der Waals surface area contributed by atoms with Crippen molar-refractivity contribution in [2.45, 2.75) is 61.8 Å². The molecule has 0 amide bonds. The minimum Gasteiger partial charge on any atom is -0.272 e. The van der Waals surface area contributed by atoms with Crippen molar-refractivity contribution in [1.29, 1.82) is 0 Å². The van der Waals surface area contributed by atoms with E-state index in [1.165, 1.54) is 23.4 Å². The van der Waals surface area contributed by atoms with Gasteiger partial charge in [-0.05, 0) is 74.8 Å². The molecule has 8 heteroatoms. The number of aliphatic imine (C=N–C) groups is 1. The zero-order valence-corrected chi connectivity index (χ0v) is 20.8. The summed E-state index contributed by atoms with van der Waals surface area (Å²) in [5.41, 5.74) is 7.70. The Morgan fingerprint density at radius 1 is 1.09 bits per heavy atom. The number of nitrogens with zero attached hydrogens (tertiary/aromatic N) is 2. The normalized spacial score (nSPS) is 18.2. The molecule has 1 aromatic heterocycles. The maximum absolute atomic E-state index is 15.3. The van der Waals surface area contributed by atoms with Crippen molar-refractivity contribution >= 4 is 15.7 Å². The van der Waals surface area contributed by atoms with E-state index in [4.69, 9.17) is 9.83 Å². The summed E-state index contributed by atoms with van der Waals surface area (Å²) in [7, 11) is -4.20. The number of pyridine rings is 1. The molecule has 182 valence electrons. The van der Waals surface area contributed by atoms with E-state index >= 15 is 4.39 Å². The lowest BCUT2D eigenvalue weighted by molar-refractivity contribution is 0.0623. The zero-order chi connectivity index (χ0) is 24.7. The molecule has 1 aliphatic heterocycles. The number of aromatic nitrogens is 1. The van der Waals surface area contributed by atoms with Crippen molar-refractivity contribution in [3.05, 3.63) is 88.0 Å². The van der Waals surface area contributed by atoms with Crippen LogP contribution in [0.5, 0.6) is 0 Å². The number of sulfone groups is 1. The highest BCUT2D eigenvalue weighted by Crippen LogP contribution is 2.43. The Kier molecular flexibility index (Phi) is 6.19. The van der Waals surface area contributed by atoms with Crippen molar-refractivity contribution in [2.75, 3.05) is 6.61 Å². The molecule has 1 atom stereocenters. The second kappa shape index (κ2) is 9.17. The highest BCUT2D eigenvalue weighted by Gasteiger charge is 2.33. The molecule has 5 rings (SSSR count). The number of hydrogen-bond acceptors (Lipinski definition) is 6. The van der Waals surface area contributed by atoms with E-state index in [1.54, 1.807) is 25.1 Å². The molecule has 1 aliphatic carbocycles. The van der Waals surface area contributed by atoms with Crippen LogP contribution in [0.25, 0.3) is 0 Å². The monoisotopic (exact) mass is 493 g/mol. The van der Waals surface area contributed by atoms with Gasteiger partial charge in [0.2, 0.25) is 9.84 Å². The first kappa shape index (κ1) is 23.6. The Labute approximate surface area is 205 Å². The van der Waals surface area contributed by atoms with Gasteiger partial charge in [0.05, 0.1) is 12.6 Å². The van der Waals surface area contributed by atoms with Crippen LogP contribution in [0, 0.1) is 26.6 Å². The average Bonchev–Trinajstić information content (AvgIpc) is 3.66. The molecule has 3 aromatic rings.